The largest absolute Gasteiger partial charge is 0.504 e. The third-order valence-electron chi connectivity index (χ3n) is 5.00. The van der Waals surface area contributed by atoms with E-state index in [1.54, 1.807) is 25.3 Å². The number of oxazole rings is 1. The number of carbonyl (C=O) groups is 1. The van der Waals surface area contributed by atoms with Crippen LogP contribution in [-0.4, -0.2) is 61.4 Å². The van der Waals surface area contributed by atoms with Gasteiger partial charge in [-0.05, 0) is 38.1 Å². The van der Waals surface area contributed by atoms with Crippen LogP contribution in [0.1, 0.15) is 17.9 Å². The Morgan fingerprint density at radius 1 is 1.43 bits per heavy atom. The van der Waals surface area contributed by atoms with E-state index in [1.807, 2.05) is 6.92 Å². The summed E-state index contributed by atoms with van der Waals surface area (Å²) >= 11 is 0. The van der Waals surface area contributed by atoms with Crippen LogP contribution in [0.2, 0.25) is 0 Å². The zero-order valence-electron chi connectivity index (χ0n) is 16.5. The highest BCUT2D eigenvalue weighted by Crippen LogP contribution is 2.31. The molecule has 0 aliphatic carbocycles. The first kappa shape index (κ1) is 20.2. The van der Waals surface area contributed by atoms with Crippen molar-refractivity contribution in [3.8, 4) is 23.0 Å². The van der Waals surface area contributed by atoms with Gasteiger partial charge in [0.2, 0.25) is 11.8 Å². The maximum atomic E-state index is 12.5. The zero-order valence-corrected chi connectivity index (χ0v) is 16.5. The molecule has 8 heteroatoms. The molecule has 1 aromatic heterocycles. The van der Waals surface area contributed by atoms with Gasteiger partial charge in [0.15, 0.2) is 11.5 Å². The molecular formula is C20H27N3O5. The number of benzene rings is 1. The molecule has 1 amide bonds. The molecule has 1 fully saturated rings. The first-order valence-corrected chi connectivity index (χ1v) is 9.34. The summed E-state index contributed by atoms with van der Waals surface area (Å²) in [5, 5.41) is 12.9. The van der Waals surface area contributed by atoms with Crippen LogP contribution >= 0.6 is 0 Å². The molecule has 0 spiro atoms. The van der Waals surface area contributed by atoms with Crippen LogP contribution in [0, 0.1) is 12.8 Å². The molecule has 2 aromatic rings. The Bertz CT molecular complexity index is 820. The molecule has 2 heterocycles. The maximum absolute atomic E-state index is 12.5. The van der Waals surface area contributed by atoms with E-state index in [2.05, 4.69) is 15.2 Å². The summed E-state index contributed by atoms with van der Waals surface area (Å²) in [4.78, 5) is 19.2. The van der Waals surface area contributed by atoms with E-state index in [0.29, 0.717) is 41.8 Å². The number of hydrogen-bond donors (Lipinski definition) is 2. The van der Waals surface area contributed by atoms with E-state index in [-0.39, 0.29) is 17.6 Å². The topological polar surface area (TPSA) is 97.1 Å². The van der Waals surface area contributed by atoms with E-state index in [1.165, 1.54) is 7.11 Å². The van der Waals surface area contributed by atoms with Crippen molar-refractivity contribution in [3.05, 3.63) is 29.7 Å². The molecule has 1 saturated heterocycles. The maximum Gasteiger partial charge on any atom is 0.226 e. The van der Waals surface area contributed by atoms with Gasteiger partial charge >= 0.3 is 0 Å². The second kappa shape index (κ2) is 9.07. The minimum atomic E-state index is -0.0120. The van der Waals surface area contributed by atoms with Gasteiger partial charge in [-0.1, -0.05) is 0 Å². The number of phenols is 1. The minimum absolute atomic E-state index is 0.0120. The summed E-state index contributed by atoms with van der Waals surface area (Å²) in [6.07, 6.45) is 0.851. The lowest BCUT2D eigenvalue weighted by atomic mass is 10.1. The number of phenolic OH excluding ortho intramolecular Hbond substituents is 1. The van der Waals surface area contributed by atoms with Crippen molar-refractivity contribution in [3.63, 3.8) is 0 Å². The Kier molecular flexibility index (Phi) is 6.53. The Morgan fingerprint density at radius 2 is 2.25 bits per heavy atom. The number of hydrogen-bond acceptors (Lipinski definition) is 7. The van der Waals surface area contributed by atoms with Crippen LogP contribution in [0.4, 0.5) is 0 Å². The van der Waals surface area contributed by atoms with E-state index >= 15 is 0 Å². The summed E-state index contributed by atoms with van der Waals surface area (Å²) in [5.41, 5.74) is 1.32. The fourth-order valence-corrected chi connectivity index (χ4v) is 3.32. The Morgan fingerprint density at radius 3 is 2.96 bits per heavy atom. The minimum Gasteiger partial charge on any atom is -0.504 e. The lowest BCUT2D eigenvalue weighted by molar-refractivity contribution is -0.124. The van der Waals surface area contributed by atoms with E-state index in [9.17, 15) is 9.90 Å². The lowest BCUT2D eigenvalue weighted by Gasteiger charge is -2.15. The molecule has 0 radical (unpaired) electrons. The average Bonchev–Trinajstić information content (AvgIpc) is 3.31. The first-order valence-electron chi connectivity index (χ1n) is 9.34. The SMILES string of the molecule is COCCN1CCC(C(=O)NCc2nc(-c3ccc(OC)c(O)c3)oc2C)C1. The van der Waals surface area contributed by atoms with E-state index in [0.717, 1.165) is 26.1 Å². The van der Waals surface area contributed by atoms with Gasteiger partial charge in [0.25, 0.3) is 0 Å². The van der Waals surface area contributed by atoms with Gasteiger partial charge < -0.3 is 29.2 Å². The molecule has 2 N–H and O–H groups in total. The van der Waals surface area contributed by atoms with E-state index < -0.39 is 0 Å². The third-order valence-corrected chi connectivity index (χ3v) is 5.00. The molecule has 1 aliphatic heterocycles. The number of ether oxygens (including phenoxy) is 2. The molecule has 0 saturated carbocycles. The van der Waals surface area contributed by atoms with Crippen molar-refractivity contribution in [1.29, 1.82) is 0 Å². The second-order valence-electron chi connectivity index (χ2n) is 6.91. The molecular weight excluding hydrogens is 362 g/mol. The van der Waals surface area contributed by atoms with Crippen LogP contribution < -0.4 is 10.1 Å². The molecule has 3 rings (SSSR count). The molecule has 0 bridgehead atoms. The van der Waals surface area contributed by atoms with Crippen LogP contribution in [0.3, 0.4) is 0 Å². The number of aromatic nitrogens is 1. The summed E-state index contributed by atoms with van der Waals surface area (Å²) in [7, 11) is 3.17. The zero-order chi connectivity index (χ0) is 20.1. The highest BCUT2D eigenvalue weighted by molar-refractivity contribution is 5.79. The van der Waals surface area contributed by atoms with Crippen molar-refractivity contribution >= 4 is 5.91 Å². The van der Waals surface area contributed by atoms with Crippen LogP contribution in [-0.2, 0) is 16.1 Å². The van der Waals surface area contributed by atoms with Gasteiger partial charge in [0.1, 0.15) is 11.5 Å². The number of aromatic hydroxyl groups is 1. The average molecular weight is 389 g/mol. The van der Waals surface area contributed by atoms with Gasteiger partial charge in [-0.25, -0.2) is 4.98 Å². The van der Waals surface area contributed by atoms with Crippen molar-refractivity contribution in [2.24, 2.45) is 5.92 Å². The smallest absolute Gasteiger partial charge is 0.226 e. The quantitative estimate of drug-likeness (QED) is 0.712. The molecule has 1 unspecified atom stereocenters. The molecule has 28 heavy (non-hydrogen) atoms. The highest BCUT2D eigenvalue weighted by atomic mass is 16.5. The predicted molar refractivity (Wildman–Crippen MR) is 103 cm³/mol. The van der Waals surface area contributed by atoms with Crippen molar-refractivity contribution in [1.82, 2.24) is 15.2 Å². The number of aryl methyl sites for hydroxylation is 1. The summed E-state index contributed by atoms with van der Waals surface area (Å²) < 4.78 is 15.9. The van der Waals surface area contributed by atoms with Crippen molar-refractivity contribution in [2.45, 2.75) is 19.9 Å². The van der Waals surface area contributed by atoms with Crippen molar-refractivity contribution in [2.75, 3.05) is 40.5 Å². The molecule has 152 valence electrons. The molecule has 1 aromatic carbocycles. The number of amides is 1. The molecule has 8 nitrogen and oxygen atoms in total. The second-order valence-corrected chi connectivity index (χ2v) is 6.91. The fraction of sp³-hybridized carbons (Fsp3) is 0.500. The fourth-order valence-electron chi connectivity index (χ4n) is 3.32. The highest BCUT2D eigenvalue weighted by Gasteiger charge is 2.28. The number of rotatable bonds is 8. The van der Waals surface area contributed by atoms with Crippen LogP contribution in [0.15, 0.2) is 22.6 Å². The molecule has 1 atom stereocenters. The predicted octanol–water partition coefficient (Wildman–Crippen LogP) is 1.95. The van der Waals surface area contributed by atoms with Gasteiger partial charge in [0.05, 0.1) is 26.2 Å². The van der Waals surface area contributed by atoms with Gasteiger partial charge in [-0.2, -0.15) is 0 Å². The lowest BCUT2D eigenvalue weighted by Crippen LogP contribution is -2.33. The summed E-state index contributed by atoms with van der Waals surface area (Å²) in [5.74, 6) is 1.46. The number of methoxy groups -OCH3 is 2. The molecule has 1 aliphatic rings. The number of carbonyl (C=O) groups excluding carboxylic acids is 1. The van der Waals surface area contributed by atoms with Crippen LogP contribution in [0.5, 0.6) is 11.5 Å². The Hall–Kier alpha value is -2.58. The third kappa shape index (κ3) is 4.63. The summed E-state index contributed by atoms with van der Waals surface area (Å²) in [6.45, 7) is 5.31. The Labute approximate surface area is 164 Å². The van der Waals surface area contributed by atoms with E-state index in [4.69, 9.17) is 13.9 Å². The van der Waals surface area contributed by atoms with Crippen LogP contribution in [0.25, 0.3) is 11.5 Å². The first-order chi connectivity index (χ1) is 13.5. The monoisotopic (exact) mass is 389 g/mol. The Balaban J connectivity index is 1.58. The normalized spacial score (nSPS) is 17.0. The number of likely N-dealkylation sites (tertiary alicyclic amines) is 1. The standard InChI is InChI=1S/C20H27N3O5/c1-13-16(11-21-19(25)15-6-7-23(12-15)8-9-26-2)22-20(28-13)14-4-5-18(27-3)17(24)10-14/h4-5,10,15,24H,6-9,11-12H2,1-3H3,(H,21,25). The van der Waals surface area contributed by atoms with Gasteiger partial charge in [-0.3, -0.25) is 4.79 Å². The number of nitrogens with one attached hydrogen (secondary N) is 1. The summed E-state index contributed by atoms with van der Waals surface area (Å²) in [6, 6.07) is 4.96. The van der Waals surface area contributed by atoms with Gasteiger partial charge in [-0.15, -0.1) is 0 Å². The van der Waals surface area contributed by atoms with Gasteiger partial charge in [0, 0.05) is 25.8 Å². The van der Waals surface area contributed by atoms with Crippen molar-refractivity contribution < 1.29 is 23.8 Å². The number of nitrogens with zero attached hydrogens (tertiary/aromatic N) is 2.